The van der Waals surface area contributed by atoms with Crippen LogP contribution in [0.4, 0.5) is 0 Å². The van der Waals surface area contributed by atoms with Gasteiger partial charge in [-0.25, -0.2) is 0 Å². The van der Waals surface area contributed by atoms with E-state index in [0.29, 0.717) is 19.4 Å². The van der Waals surface area contributed by atoms with Crippen LogP contribution in [0.15, 0.2) is 10.2 Å². The average molecular weight is 258 g/mol. The predicted molar refractivity (Wildman–Crippen MR) is 67.2 cm³/mol. The van der Waals surface area contributed by atoms with Crippen LogP contribution in [-0.2, 0) is 11.3 Å². The van der Waals surface area contributed by atoms with Crippen molar-refractivity contribution in [2.75, 3.05) is 6.54 Å². The molecule has 1 heterocycles. The fraction of sp³-hybridized carbons (Fsp3) is 0.636. The quantitative estimate of drug-likeness (QED) is 0.780. The fourth-order valence-corrected chi connectivity index (χ4v) is 2.18. The Kier molecular flexibility index (Phi) is 5.37. The Morgan fingerprint density at radius 1 is 1.65 bits per heavy atom. The standard InChI is InChI=1S/C11H18N2O3S/c1-8-7-17-11(16)13(8)5-3-4-10(15)12-6-9(2)14/h7,9,14H,3-6H2,1-2H3,(H,12,15). The summed E-state index contributed by atoms with van der Waals surface area (Å²) in [4.78, 5) is 22.7. The van der Waals surface area contributed by atoms with Crippen molar-refractivity contribution in [1.29, 1.82) is 0 Å². The number of thiazole rings is 1. The van der Waals surface area contributed by atoms with Crippen molar-refractivity contribution in [2.24, 2.45) is 0 Å². The highest BCUT2D eigenvalue weighted by atomic mass is 32.1. The second-order valence-corrected chi connectivity index (χ2v) is 4.87. The van der Waals surface area contributed by atoms with Crippen molar-refractivity contribution in [3.63, 3.8) is 0 Å². The predicted octanol–water partition coefficient (Wildman–Crippen LogP) is 0.495. The molecule has 0 aliphatic rings. The lowest BCUT2D eigenvalue weighted by atomic mass is 10.3. The molecule has 0 aromatic carbocycles. The Balaban J connectivity index is 2.29. The number of hydrogen-bond acceptors (Lipinski definition) is 4. The number of aliphatic hydroxyl groups is 1. The van der Waals surface area contributed by atoms with E-state index in [-0.39, 0.29) is 17.3 Å². The summed E-state index contributed by atoms with van der Waals surface area (Å²) in [7, 11) is 0. The summed E-state index contributed by atoms with van der Waals surface area (Å²) in [5.41, 5.74) is 0.935. The third-order valence-corrected chi connectivity index (χ3v) is 3.24. The molecule has 96 valence electrons. The minimum Gasteiger partial charge on any atom is -0.392 e. The van der Waals surface area contributed by atoms with Gasteiger partial charge in [-0.1, -0.05) is 11.3 Å². The minimum absolute atomic E-state index is 0.0203. The minimum atomic E-state index is -0.527. The molecule has 1 amide bonds. The first-order valence-corrected chi connectivity index (χ1v) is 6.48. The van der Waals surface area contributed by atoms with Gasteiger partial charge in [-0.05, 0) is 20.3 Å². The maximum atomic E-state index is 11.4. The molecule has 1 rings (SSSR count). The highest BCUT2D eigenvalue weighted by Gasteiger charge is 2.05. The second-order valence-electron chi connectivity index (χ2n) is 4.05. The van der Waals surface area contributed by atoms with Gasteiger partial charge in [-0.2, -0.15) is 0 Å². The molecule has 0 aliphatic heterocycles. The third kappa shape index (κ3) is 4.70. The summed E-state index contributed by atoms with van der Waals surface area (Å²) in [5, 5.41) is 13.4. The zero-order valence-electron chi connectivity index (χ0n) is 10.1. The van der Waals surface area contributed by atoms with Gasteiger partial charge in [0, 0.05) is 30.6 Å². The molecule has 6 heteroatoms. The summed E-state index contributed by atoms with van der Waals surface area (Å²) in [6.45, 7) is 4.34. The van der Waals surface area contributed by atoms with Crippen molar-refractivity contribution < 1.29 is 9.90 Å². The lowest BCUT2D eigenvalue weighted by Crippen LogP contribution is -2.30. The molecule has 1 atom stereocenters. The maximum absolute atomic E-state index is 11.4. The van der Waals surface area contributed by atoms with Gasteiger partial charge in [0.25, 0.3) is 0 Å². The van der Waals surface area contributed by atoms with E-state index in [0.717, 1.165) is 5.69 Å². The summed E-state index contributed by atoms with van der Waals surface area (Å²) in [5.74, 6) is -0.0909. The molecular formula is C11H18N2O3S. The Morgan fingerprint density at radius 2 is 2.35 bits per heavy atom. The first-order valence-electron chi connectivity index (χ1n) is 5.60. The monoisotopic (exact) mass is 258 g/mol. The van der Waals surface area contributed by atoms with E-state index in [4.69, 9.17) is 5.11 Å². The largest absolute Gasteiger partial charge is 0.392 e. The molecule has 1 unspecified atom stereocenters. The number of nitrogens with zero attached hydrogens (tertiary/aromatic N) is 1. The molecule has 0 aliphatic carbocycles. The van der Waals surface area contributed by atoms with Gasteiger partial charge in [0.15, 0.2) is 0 Å². The molecule has 5 nitrogen and oxygen atoms in total. The van der Waals surface area contributed by atoms with E-state index < -0.39 is 6.10 Å². The van der Waals surface area contributed by atoms with Crippen LogP contribution in [0, 0.1) is 6.92 Å². The zero-order valence-corrected chi connectivity index (χ0v) is 10.9. The number of hydrogen-bond donors (Lipinski definition) is 2. The maximum Gasteiger partial charge on any atom is 0.307 e. The van der Waals surface area contributed by atoms with Crippen LogP contribution >= 0.6 is 11.3 Å². The van der Waals surface area contributed by atoms with Gasteiger partial charge >= 0.3 is 4.87 Å². The van der Waals surface area contributed by atoms with Crippen LogP contribution in [0.1, 0.15) is 25.5 Å². The smallest absolute Gasteiger partial charge is 0.307 e. The molecule has 0 spiro atoms. The second kappa shape index (κ2) is 6.56. The van der Waals surface area contributed by atoms with Crippen molar-refractivity contribution >= 4 is 17.2 Å². The first kappa shape index (κ1) is 13.9. The summed E-state index contributed by atoms with van der Waals surface area (Å²) >= 11 is 1.18. The van der Waals surface area contributed by atoms with E-state index in [9.17, 15) is 9.59 Å². The summed E-state index contributed by atoms with van der Waals surface area (Å²) in [6, 6.07) is 0. The number of rotatable bonds is 6. The fourth-order valence-electron chi connectivity index (χ4n) is 1.42. The van der Waals surface area contributed by atoms with E-state index >= 15 is 0 Å². The molecule has 0 saturated carbocycles. The molecule has 17 heavy (non-hydrogen) atoms. The highest BCUT2D eigenvalue weighted by Crippen LogP contribution is 2.02. The van der Waals surface area contributed by atoms with Gasteiger partial charge in [0.1, 0.15) is 0 Å². The van der Waals surface area contributed by atoms with E-state index in [2.05, 4.69) is 5.32 Å². The van der Waals surface area contributed by atoms with Crippen LogP contribution < -0.4 is 10.2 Å². The lowest BCUT2D eigenvalue weighted by molar-refractivity contribution is -0.121. The molecule has 0 fully saturated rings. The summed E-state index contributed by atoms with van der Waals surface area (Å²) in [6.07, 6.45) is 0.470. The van der Waals surface area contributed by atoms with Gasteiger partial charge < -0.3 is 15.0 Å². The van der Waals surface area contributed by atoms with Crippen molar-refractivity contribution in [1.82, 2.24) is 9.88 Å². The van der Waals surface area contributed by atoms with Crippen molar-refractivity contribution in [3.8, 4) is 0 Å². The van der Waals surface area contributed by atoms with Crippen LogP contribution in [0.5, 0.6) is 0 Å². The Labute approximate surface area is 104 Å². The third-order valence-electron chi connectivity index (χ3n) is 2.36. The molecule has 0 radical (unpaired) electrons. The van der Waals surface area contributed by atoms with Crippen LogP contribution in [0.3, 0.4) is 0 Å². The number of aryl methyl sites for hydroxylation is 1. The molecule has 1 aromatic heterocycles. The SMILES string of the molecule is Cc1csc(=O)n1CCCC(=O)NCC(C)O. The number of aromatic nitrogens is 1. The van der Waals surface area contributed by atoms with E-state index in [1.807, 2.05) is 12.3 Å². The van der Waals surface area contributed by atoms with E-state index in [1.54, 1.807) is 11.5 Å². The number of amides is 1. The number of aliphatic hydroxyl groups excluding tert-OH is 1. The topological polar surface area (TPSA) is 71.3 Å². The molecule has 1 aromatic rings. The Bertz CT molecular complexity index is 423. The highest BCUT2D eigenvalue weighted by molar-refractivity contribution is 7.07. The normalized spacial score (nSPS) is 12.4. The zero-order chi connectivity index (χ0) is 12.8. The number of carbonyl (C=O) groups excluding carboxylic acids is 1. The van der Waals surface area contributed by atoms with Crippen LogP contribution in [0.25, 0.3) is 0 Å². The average Bonchev–Trinajstić information content (AvgIpc) is 2.57. The van der Waals surface area contributed by atoms with Gasteiger partial charge in [-0.15, -0.1) is 0 Å². The van der Waals surface area contributed by atoms with Crippen LogP contribution in [0.2, 0.25) is 0 Å². The van der Waals surface area contributed by atoms with Gasteiger partial charge in [0.2, 0.25) is 5.91 Å². The summed E-state index contributed by atoms with van der Waals surface area (Å²) < 4.78 is 1.67. The Morgan fingerprint density at radius 3 is 2.88 bits per heavy atom. The van der Waals surface area contributed by atoms with Crippen molar-refractivity contribution in [3.05, 3.63) is 20.7 Å². The first-order chi connectivity index (χ1) is 8.00. The Hall–Kier alpha value is -1.14. The van der Waals surface area contributed by atoms with Gasteiger partial charge in [-0.3, -0.25) is 9.59 Å². The van der Waals surface area contributed by atoms with Crippen LogP contribution in [-0.4, -0.2) is 28.2 Å². The number of nitrogens with one attached hydrogen (secondary N) is 1. The number of carbonyl (C=O) groups is 1. The molecule has 0 saturated heterocycles. The molecule has 2 N–H and O–H groups in total. The molecule has 0 bridgehead atoms. The van der Waals surface area contributed by atoms with Crippen molar-refractivity contribution in [2.45, 2.75) is 39.3 Å². The lowest BCUT2D eigenvalue weighted by Gasteiger charge is -2.07. The van der Waals surface area contributed by atoms with E-state index in [1.165, 1.54) is 11.3 Å². The molecular weight excluding hydrogens is 240 g/mol. The van der Waals surface area contributed by atoms with Gasteiger partial charge in [0.05, 0.1) is 6.10 Å².